The number of anilines is 1. The van der Waals surface area contributed by atoms with Gasteiger partial charge >= 0.3 is 0 Å². The van der Waals surface area contributed by atoms with Crippen molar-refractivity contribution < 1.29 is 0 Å². The molecule has 0 aliphatic rings. The number of hydrogen-bond acceptors (Lipinski definition) is 4. The summed E-state index contributed by atoms with van der Waals surface area (Å²) in [7, 11) is 0. The molecule has 4 rings (SSSR count). The monoisotopic (exact) mass is 315 g/mol. The van der Waals surface area contributed by atoms with Gasteiger partial charge in [0.25, 0.3) is 0 Å². The van der Waals surface area contributed by atoms with E-state index in [0.717, 1.165) is 22.6 Å². The van der Waals surface area contributed by atoms with Gasteiger partial charge in [-0.3, -0.25) is 4.98 Å². The third-order valence-corrected chi connectivity index (χ3v) is 3.92. The molecule has 24 heavy (non-hydrogen) atoms. The molecule has 0 radical (unpaired) electrons. The highest BCUT2D eigenvalue weighted by Gasteiger charge is 2.09. The Kier molecular flexibility index (Phi) is 3.67. The van der Waals surface area contributed by atoms with E-state index in [0.29, 0.717) is 6.54 Å². The fourth-order valence-corrected chi connectivity index (χ4v) is 2.68. The first-order valence-corrected chi connectivity index (χ1v) is 7.84. The predicted octanol–water partition coefficient (Wildman–Crippen LogP) is 3.71. The van der Waals surface area contributed by atoms with Crippen molar-refractivity contribution in [1.82, 2.24) is 19.6 Å². The van der Waals surface area contributed by atoms with E-state index in [4.69, 9.17) is 4.98 Å². The number of pyridine rings is 1. The first kappa shape index (κ1) is 14.4. The Morgan fingerprint density at radius 3 is 2.79 bits per heavy atom. The van der Waals surface area contributed by atoms with Crippen LogP contribution in [0.3, 0.4) is 0 Å². The van der Waals surface area contributed by atoms with Crippen molar-refractivity contribution in [3.63, 3.8) is 0 Å². The van der Waals surface area contributed by atoms with Gasteiger partial charge in [-0.2, -0.15) is 5.10 Å². The van der Waals surface area contributed by atoms with Crippen molar-refractivity contribution in [1.29, 1.82) is 0 Å². The van der Waals surface area contributed by atoms with Crippen LogP contribution in [-0.2, 0) is 6.54 Å². The second-order valence-electron chi connectivity index (χ2n) is 5.72. The van der Waals surface area contributed by atoms with Crippen LogP contribution < -0.4 is 5.32 Å². The summed E-state index contributed by atoms with van der Waals surface area (Å²) in [6.07, 6.45) is 7.38. The molecular weight excluding hydrogens is 298 g/mol. The number of hydrogen-bond donors (Lipinski definition) is 1. The van der Waals surface area contributed by atoms with E-state index in [-0.39, 0.29) is 0 Å². The fourth-order valence-electron chi connectivity index (χ4n) is 2.68. The Labute approximate surface area is 140 Å². The SMILES string of the molecule is Cc1cccc(-c2cnn3ccc(NCc4ccncc4)nc23)c1. The van der Waals surface area contributed by atoms with Crippen molar-refractivity contribution in [3.8, 4) is 11.1 Å². The molecule has 4 aromatic rings. The van der Waals surface area contributed by atoms with Gasteiger partial charge in [-0.25, -0.2) is 9.50 Å². The van der Waals surface area contributed by atoms with Crippen LogP contribution in [0.4, 0.5) is 5.82 Å². The molecule has 0 aliphatic carbocycles. The Bertz CT molecular complexity index is 975. The average molecular weight is 315 g/mol. The van der Waals surface area contributed by atoms with E-state index in [1.165, 1.54) is 11.1 Å². The molecule has 0 spiro atoms. The summed E-state index contributed by atoms with van der Waals surface area (Å²) in [6.45, 7) is 2.80. The van der Waals surface area contributed by atoms with Gasteiger partial charge < -0.3 is 5.32 Å². The maximum Gasteiger partial charge on any atom is 0.165 e. The molecule has 118 valence electrons. The predicted molar refractivity (Wildman–Crippen MR) is 94.7 cm³/mol. The van der Waals surface area contributed by atoms with Crippen LogP contribution in [0.15, 0.2) is 67.3 Å². The molecule has 5 nitrogen and oxygen atoms in total. The Hall–Kier alpha value is -3.21. The lowest BCUT2D eigenvalue weighted by molar-refractivity contribution is 0.936. The average Bonchev–Trinajstić information content (AvgIpc) is 3.04. The molecule has 0 saturated carbocycles. The van der Waals surface area contributed by atoms with Gasteiger partial charge in [0.15, 0.2) is 5.65 Å². The molecule has 0 atom stereocenters. The zero-order chi connectivity index (χ0) is 16.4. The lowest BCUT2D eigenvalue weighted by Gasteiger charge is -2.06. The van der Waals surface area contributed by atoms with E-state index in [1.807, 2.05) is 30.6 Å². The summed E-state index contributed by atoms with van der Waals surface area (Å²) in [5.74, 6) is 0.828. The quantitative estimate of drug-likeness (QED) is 0.624. The third kappa shape index (κ3) is 2.84. The first-order chi connectivity index (χ1) is 11.8. The smallest absolute Gasteiger partial charge is 0.165 e. The first-order valence-electron chi connectivity index (χ1n) is 7.84. The molecule has 0 aliphatic heterocycles. The summed E-state index contributed by atoms with van der Waals surface area (Å²) in [6, 6.07) is 14.3. The Morgan fingerprint density at radius 2 is 1.96 bits per heavy atom. The number of nitrogens with zero attached hydrogens (tertiary/aromatic N) is 4. The second-order valence-corrected chi connectivity index (χ2v) is 5.72. The van der Waals surface area contributed by atoms with Gasteiger partial charge in [0.2, 0.25) is 0 Å². The summed E-state index contributed by atoms with van der Waals surface area (Å²) in [5.41, 5.74) is 5.40. The summed E-state index contributed by atoms with van der Waals surface area (Å²) in [5, 5.41) is 7.76. The molecule has 0 fully saturated rings. The van der Waals surface area contributed by atoms with Crippen LogP contribution in [-0.4, -0.2) is 19.6 Å². The summed E-state index contributed by atoms with van der Waals surface area (Å²) in [4.78, 5) is 8.76. The van der Waals surface area contributed by atoms with Crippen LogP contribution in [0.1, 0.15) is 11.1 Å². The maximum absolute atomic E-state index is 4.73. The molecule has 0 bridgehead atoms. The van der Waals surface area contributed by atoms with Crippen LogP contribution in [0, 0.1) is 6.92 Å². The molecule has 0 saturated heterocycles. The number of rotatable bonds is 4. The Balaban J connectivity index is 1.66. The van der Waals surface area contributed by atoms with Gasteiger partial charge in [0.1, 0.15) is 5.82 Å². The highest BCUT2D eigenvalue weighted by molar-refractivity contribution is 5.77. The fraction of sp³-hybridized carbons (Fsp3) is 0.105. The van der Waals surface area contributed by atoms with Gasteiger partial charge in [-0.15, -0.1) is 0 Å². The maximum atomic E-state index is 4.73. The molecule has 1 aromatic carbocycles. The minimum Gasteiger partial charge on any atom is -0.366 e. The minimum absolute atomic E-state index is 0.708. The van der Waals surface area contributed by atoms with Crippen LogP contribution in [0.5, 0.6) is 0 Å². The van der Waals surface area contributed by atoms with Gasteiger partial charge in [0, 0.05) is 30.7 Å². The number of nitrogens with one attached hydrogen (secondary N) is 1. The molecule has 5 heteroatoms. The molecule has 3 heterocycles. The lowest BCUT2D eigenvalue weighted by atomic mass is 10.1. The van der Waals surface area contributed by atoms with Gasteiger partial charge in [0.05, 0.1) is 6.20 Å². The van der Waals surface area contributed by atoms with Crippen molar-refractivity contribution in [2.75, 3.05) is 5.32 Å². The van der Waals surface area contributed by atoms with Gasteiger partial charge in [-0.05, 0) is 36.2 Å². The topological polar surface area (TPSA) is 55.1 Å². The molecule has 0 unspecified atom stereocenters. The van der Waals surface area contributed by atoms with E-state index < -0.39 is 0 Å². The zero-order valence-electron chi connectivity index (χ0n) is 13.3. The van der Waals surface area contributed by atoms with Crippen molar-refractivity contribution in [2.24, 2.45) is 0 Å². The van der Waals surface area contributed by atoms with E-state index in [9.17, 15) is 0 Å². The Morgan fingerprint density at radius 1 is 1.08 bits per heavy atom. The highest BCUT2D eigenvalue weighted by Crippen LogP contribution is 2.24. The number of benzene rings is 1. The molecular formula is C19H17N5. The molecule has 0 amide bonds. The normalized spacial score (nSPS) is 10.9. The standard InChI is InChI=1S/C19H17N5/c1-14-3-2-4-16(11-14)17-13-22-24-10-7-18(23-19(17)24)21-12-15-5-8-20-9-6-15/h2-11,13H,12H2,1H3,(H,21,23). The van der Waals surface area contributed by atoms with Crippen molar-refractivity contribution >= 4 is 11.5 Å². The summed E-state index contributed by atoms with van der Waals surface area (Å²) < 4.78 is 1.80. The summed E-state index contributed by atoms with van der Waals surface area (Å²) >= 11 is 0. The number of aromatic nitrogens is 4. The van der Waals surface area contributed by atoms with Crippen molar-refractivity contribution in [2.45, 2.75) is 13.5 Å². The van der Waals surface area contributed by atoms with Crippen molar-refractivity contribution in [3.05, 3.63) is 78.4 Å². The zero-order valence-corrected chi connectivity index (χ0v) is 13.3. The largest absolute Gasteiger partial charge is 0.366 e. The van der Waals surface area contributed by atoms with Gasteiger partial charge in [-0.1, -0.05) is 29.8 Å². The van der Waals surface area contributed by atoms with E-state index in [1.54, 1.807) is 16.9 Å². The number of aryl methyl sites for hydroxylation is 1. The third-order valence-electron chi connectivity index (χ3n) is 3.92. The second kappa shape index (κ2) is 6.12. The number of fused-ring (bicyclic) bond motifs is 1. The molecule has 3 aromatic heterocycles. The van der Waals surface area contributed by atoms with E-state index in [2.05, 4.69) is 46.6 Å². The van der Waals surface area contributed by atoms with Crippen LogP contribution in [0.25, 0.3) is 16.8 Å². The minimum atomic E-state index is 0.708. The highest BCUT2D eigenvalue weighted by atomic mass is 15.2. The van der Waals surface area contributed by atoms with E-state index >= 15 is 0 Å². The lowest BCUT2D eigenvalue weighted by Crippen LogP contribution is -2.02. The van der Waals surface area contributed by atoms with Crippen LogP contribution in [0.2, 0.25) is 0 Å². The van der Waals surface area contributed by atoms with Crippen LogP contribution >= 0.6 is 0 Å². The molecule has 1 N–H and O–H groups in total.